The molecule has 0 bridgehead atoms. The van der Waals surface area contributed by atoms with Crippen molar-refractivity contribution < 1.29 is 5.11 Å². The Hall–Kier alpha value is -0.670. The second-order valence-corrected chi connectivity index (χ2v) is 3.27. The zero-order valence-corrected chi connectivity index (χ0v) is 8.11. The average molecular weight is 183 g/mol. The third kappa shape index (κ3) is 1.93. The second kappa shape index (κ2) is 3.83. The van der Waals surface area contributed by atoms with Crippen molar-refractivity contribution >= 4 is 12.2 Å². The molecule has 1 atom stereocenters. The number of rotatable bonds is 2. The zero-order chi connectivity index (χ0) is 9.14. The molecular weight excluding hydrogens is 170 g/mol. The quantitative estimate of drug-likeness (QED) is 0.691. The van der Waals surface area contributed by atoms with Crippen molar-refractivity contribution in [1.82, 2.24) is 4.98 Å². The lowest BCUT2D eigenvalue weighted by Gasteiger charge is -2.10. The van der Waals surface area contributed by atoms with Crippen molar-refractivity contribution in [2.75, 3.05) is 0 Å². The van der Waals surface area contributed by atoms with Crippen molar-refractivity contribution in [1.29, 1.82) is 0 Å². The molecular formula is C9H13NOS. The van der Waals surface area contributed by atoms with Gasteiger partial charge in [-0.15, -0.1) is 0 Å². The minimum absolute atomic E-state index is 0.378. The molecule has 0 radical (unpaired) electrons. The first-order valence-electron chi connectivity index (χ1n) is 4.03. The fourth-order valence-electron chi connectivity index (χ4n) is 1.17. The third-order valence-corrected chi connectivity index (χ3v) is 2.14. The molecule has 1 heterocycles. The molecule has 0 saturated heterocycles. The Morgan fingerprint density at radius 3 is 2.75 bits per heavy atom. The van der Waals surface area contributed by atoms with Crippen LogP contribution in [0.2, 0.25) is 0 Å². The Labute approximate surface area is 77.3 Å². The van der Waals surface area contributed by atoms with Crippen molar-refractivity contribution in [2.24, 2.45) is 0 Å². The zero-order valence-electron chi connectivity index (χ0n) is 7.29. The largest absolute Gasteiger partial charge is 0.388 e. The molecule has 3 heteroatoms. The summed E-state index contributed by atoms with van der Waals surface area (Å²) >= 11 is 4.94. The number of aliphatic hydroxyl groups excluding tert-OH is 1. The molecule has 0 aliphatic rings. The number of nitrogens with one attached hydrogen (secondary N) is 1. The Morgan fingerprint density at radius 2 is 2.25 bits per heavy atom. The fourth-order valence-corrected chi connectivity index (χ4v) is 1.39. The van der Waals surface area contributed by atoms with Gasteiger partial charge in [0, 0.05) is 5.69 Å². The molecule has 1 rings (SSSR count). The molecule has 2 N–H and O–H groups in total. The lowest BCUT2D eigenvalue weighted by atomic mass is 10.1. The van der Waals surface area contributed by atoms with E-state index in [-0.39, 0.29) is 6.10 Å². The maximum Gasteiger partial charge on any atom is 0.103 e. The van der Waals surface area contributed by atoms with E-state index in [1.54, 1.807) is 6.07 Å². The minimum atomic E-state index is -0.378. The minimum Gasteiger partial charge on any atom is -0.388 e. The summed E-state index contributed by atoms with van der Waals surface area (Å²) in [5.41, 5.74) is 1.89. The summed E-state index contributed by atoms with van der Waals surface area (Å²) in [7, 11) is 0. The van der Waals surface area contributed by atoms with Gasteiger partial charge in [-0.25, -0.2) is 0 Å². The number of H-pyrrole nitrogens is 1. The Balaban J connectivity index is 3.09. The highest BCUT2D eigenvalue weighted by Gasteiger charge is 2.06. The predicted molar refractivity (Wildman–Crippen MR) is 51.6 cm³/mol. The van der Waals surface area contributed by atoms with Crippen LogP contribution in [-0.2, 0) is 0 Å². The summed E-state index contributed by atoms with van der Waals surface area (Å²) in [5.74, 6) is 0. The summed E-state index contributed by atoms with van der Waals surface area (Å²) < 4.78 is 0.708. The number of hydrogen-bond acceptors (Lipinski definition) is 2. The Kier molecular flexibility index (Phi) is 3.00. The van der Waals surface area contributed by atoms with Gasteiger partial charge >= 0.3 is 0 Å². The molecule has 0 unspecified atom stereocenters. The van der Waals surface area contributed by atoms with Gasteiger partial charge < -0.3 is 10.1 Å². The lowest BCUT2D eigenvalue weighted by Crippen LogP contribution is -1.99. The third-order valence-electron chi connectivity index (χ3n) is 1.90. The molecule has 0 aliphatic carbocycles. The normalized spacial score (nSPS) is 12.9. The van der Waals surface area contributed by atoms with Crippen LogP contribution in [0, 0.1) is 11.6 Å². The topological polar surface area (TPSA) is 36.0 Å². The number of aryl methyl sites for hydroxylation is 1. The van der Waals surface area contributed by atoms with Gasteiger partial charge in [-0.05, 0) is 25.0 Å². The van der Waals surface area contributed by atoms with Crippen LogP contribution in [0.4, 0.5) is 0 Å². The maximum absolute atomic E-state index is 9.55. The van der Waals surface area contributed by atoms with Gasteiger partial charge in [0.15, 0.2) is 0 Å². The summed E-state index contributed by atoms with van der Waals surface area (Å²) in [6, 6.07) is 3.68. The number of hydrogen-bond donors (Lipinski definition) is 2. The molecule has 66 valence electrons. The van der Waals surface area contributed by atoms with Crippen LogP contribution in [0.1, 0.15) is 30.7 Å². The van der Waals surface area contributed by atoms with E-state index < -0.39 is 0 Å². The summed E-state index contributed by atoms with van der Waals surface area (Å²) in [5, 5.41) is 9.55. The molecule has 0 spiro atoms. The number of aromatic nitrogens is 1. The summed E-state index contributed by atoms with van der Waals surface area (Å²) in [6.45, 7) is 3.87. The van der Waals surface area contributed by atoms with Gasteiger partial charge in [-0.1, -0.05) is 25.2 Å². The van der Waals surface area contributed by atoms with Crippen molar-refractivity contribution in [3.05, 3.63) is 28.0 Å². The van der Waals surface area contributed by atoms with Gasteiger partial charge in [-0.3, -0.25) is 0 Å². The van der Waals surface area contributed by atoms with Crippen LogP contribution in [0.15, 0.2) is 12.1 Å². The van der Waals surface area contributed by atoms with Crippen molar-refractivity contribution in [2.45, 2.75) is 26.4 Å². The second-order valence-electron chi connectivity index (χ2n) is 2.83. The molecule has 1 aromatic rings. The summed E-state index contributed by atoms with van der Waals surface area (Å²) in [4.78, 5) is 3.01. The highest BCUT2D eigenvalue weighted by molar-refractivity contribution is 7.71. The molecule has 1 aromatic heterocycles. The van der Waals surface area contributed by atoms with Crippen LogP contribution in [0.25, 0.3) is 0 Å². The smallest absolute Gasteiger partial charge is 0.103 e. The van der Waals surface area contributed by atoms with Crippen LogP contribution in [0.5, 0.6) is 0 Å². The van der Waals surface area contributed by atoms with E-state index in [9.17, 15) is 5.11 Å². The first kappa shape index (κ1) is 9.42. The lowest BCUT2D eigenvalue weighted by molar-refractivity contribution is 0.172. The van der Waals surface area contributed by atoms with E-state index in [1.165, 1.54) is 0 Å². The number of aromatic amines is 1. The monoisotopic (exact) mass is 183 g/mol. The molecule has 2 nitrogen and oxygen atoms in total. The number of aliphatic hydroxyl groups is 1. The molecule has 0 fully saturated rings. The van der Waals surface area contributed by atoms with Gasteiger partial charge in [0.25, 0.3) is 0 Å². The van der Waals surface area contributed by atoms with E-state index in [4.69, 9.17) is 12.2 Å². The summed E-state index contributed by atoms with van der Waals surface area (Å²) in [6.07, 6.45) is 0.350. The van der Waals surface area contributed by atoms with Crippen molar-refractivity contribution in [3.63, 3.8) is 0 Å². The molecule has 0 aromatic carbocycles. The van der Waals surface area contributed by atoms with Crippen LogP contribution < -0.4 is 0 Å². The van der Waals surface area contributed by atoms with E-state index in [2.05, 4.69) is 4.98 Å². The highest BCUT2D eigenvalue weighted by Crippen LogP contribution is 2.17. The Morgan fingerprint density at radius 1 is 1.58 bits per heavy atom. The molecule has 0 amide bonds. The Bertz CT molecular complexity index is 319. The van der Waals surface area contributed by atoms with Gasteiger partial charge in [-0.2, -0.15) is 0 Å². The van der Waals surface area contributed by atoms with E-state index in [0.29, 0.717) is 4.64 Å². The molecule has 0 aliphatic heterocycles. The van der Waals surface area contributed by atoms with Crippen LogP contribution >= 0.6 is 12.2 Å². The van der Waals surface area contributed by atoms with Gasteiger partial charge in [0.1, 0.15) is 4.64 Å². The van der Waals surface area contributed by atoms with Crippen LogP contribution in [-0.4, -0.2) is 10.1 Å². The SMILES string of the molecule is CC[C@@H](O)c1ccc(=S)[nH]c1C. The van der Waals surface area contributed by atoms with Gasteiger partial charge in [0.05, 0.1) is 6.10 Å². The van der Waals surface area contributed by atoms with Crippen molar-refractivity contribution in [3.8, 4) is 0 Å². The molecule has 0 saturated carbocycles. The highest BCUT2D eigenvalue weighted by atomic mass is 32.1. The number of pyridine rings is 1. The first-order valence-corrected chi connectivity index (χ1v) is 4.44. The average Bonchev–Trinajstić information content (AvgIpc) is 2.03. The predicted octanol–water partition coefficient (Wildman–Crippen LogP) is 2.50. The van der Waals surface area contributed by atoms with E-state index >= 15 is 0 Å². The maximum atomic E-state index is 9.55. The standard InChI is InChI=1S/C9H13NOS/c1-3-8(11)7-4-5-9(12)10-6(7)2/h4-5,8,11H,3H2,1-2H3,(H,10,12)/t8-/m1/s1. The van der Waals surface area contributed by atoms with Gasteiger partial charge in [0.2, 0.25) is 0 Å². The van der Waals surface area contributed by atoms with Crippen LogP contribution in [0.3, 0.4) is 0 Å². The molecule has 12 heavy (non-hydrogen) atoms. The fraction of sp³-hybridized carbons (Fsp3) is 0.444. The first-order chi connectivity index (χ1) is 5.65. The van der Waals surface area contributed by atoms with E-state index in [0.717, 1.165) is 17.7 Å². The van der Waals surface area contributed by atoms with E-state index in [1.807, 2.05) is 19.9 Å².